The van der Waals surface area contributed by atoms with Gasteiger partial charge in [0.05, 0.1) is 5.52 Å². The molecule has 2 rings (SSSR count). The van der Waals surface area contributed by atoms with Crippen LogP contribution in [0.25, 0.3) is 10.9 Å². The molecule has 1 heterocycles. The number of benzene rings is 1. The number of aromatic nitrogens is 1. The lowest BCUT2D eigenvalue weighted by molar-refractivity contribution is 0.629. The Hall–Kier alpha value is -1.68. The molecule has 0 bridgehead atoms. The Morgan fingerprint density at radius 2 is 2.14 bits per heavy atom. The lowest BCUT2D eigenvalue weighted by Gasteiger charge is -2.05. The van der Waals surface area contributed by atoms with Crippen LogP contribution >= 0.6 is 0 Å². The van der Waals surface area contributed by atoms with Gasteiger partial charge in [0, 0.05) is 5.39 Å². The number of rotatable bonds is 1. The first-order chi connectivity index (χ1) is 6.70. The molecule has 4 heteroatoms. The van der Waals surface area contributed by atoms with Crippen molar-refractivity contribution in [1.29, 1.82) is 0 Å². The van der Waals surface area contributed by atoms with Gasteiger partial charge in [-0.05, 0) is 36.8 Å². The number of anilines is 1. The highest BCUT2D eigenvalue weighted by atomic mass is 19.1. The normalized spacial score (nSPS) is 10.5. The number of pyridine rings is 1. The van der Waals surface area contributed by atoms with Gasteiger partial charge in [0.1, 0.15) is 11.6 Å². The first-order valence-corrected chi connectivity index (χ1v) is 4.24. The van der Waals surface area contributed by atoms with Crippen LogP contribution in [0.3, 0.4) is 0 Å². The van der Waals surface area contributed by atoms with E-state index in [1.54, 1.807) is 12.1 Å². The molecule has 72 valence electrons. The lowest BCUT2D eigenvalue weighted by atomic mass is 10.1. The first kappa shape index (κ1) is 8.90. The zero-order valence-corrected chi connectivity index (χ0v) is 7.71. The summed E-state index contributed by atoms with van der Waals surface area (Å²) in [5.41, 5.74) is 4.15. The summed E-state index contributed by atoms with van der Waals surface area (Å²) < 4.78 is 12.9. The van der Waals surface area contributed by atoms with Crippen LogP contribution in [-0.2, 0) is 0 Å². The predicted molar refractivity (Wildman–Crippen MR) is 54.2 cm³/mol. The Kier molecular flexibility index (Phi) is 2.05. The molecule has 0 aliphatic carbocycles. The number of nitrogen functional groups attached to an aromatic ring is 1. The highest BCUT2D eigenvalue weighted by molar-refractivity contribution is 5.83. The van der Waals surface area contributed by atoms with Crippen molar-refractivity contribution >= 4 is 16.7 Å². The quantitative estimate of drug-likeness (QED) is 0.535. The number of aryl methyl sites for hydroxylation is 1. The van der Waals surface area contributed by atoms with E-state index < -0.39 is 0 Å². The van der Waals surface area contributed by atoms with Gasteiger partial charge in [-0.3, -0.25) is 0 Å². The molecular weight excluding hydrogens is 181 g/mol. The van der Waals surface area contributed by atoms with Crippen LogP contribution in [0.1, 0.15) is 5.56 Å². The van der Waals surface area contributed by atoms with Gasteiger partial charge in [0.15, 0.2) is 0 Å². The molecule has 0 unspecified atom stereocenters. The number of hydrazine groups is 1. The first-order valence-electron chi connectivity index (χ1n) is 4.24. The Balaban J connectivity index is 2.76. The maximum atomic E-state index is 12.9. The van der Waals surface area contributed by atoms with Crippen LogP contribution in [-0.4, -0.2) is 4.98 Å². The van der Waals surface area contributed by atoms with Gasteiger partial charge in [-0.1, -0.05) is 0 Å². The average Bonchev–Trinajstić information content (AvgIpc) is 2.19. The summed E-state index contributed by atoms with van der Waals surface area (Å²) >= 11 is 0. The van der Waals surface area contributed by atoms with Crippen molar-refractivity contribution in [2.45, 2.75) is 6.92 Å². The molecule has 0 spiro atoms. The van der Waals surface area contributed by atoms with Gasteiger partial charge in [-0.2, -0.15) is 0 Å². The number of nitrogens with two attached hydrogens (primary N) is 1. The number of hydrogen-bond acceptors (Lipinski definition) is 3. The minimum atomic E-state index is -0.254. The minimum absolute atomic E-state index is 0.254. The van der Waals surface area contributed by atoms with Crippen molar-refractivity contribution in [1.82, 2.24) is 4.98 Å². The van der Waals surface area contributed by atoms with Gasteiger partial charge < -0.3 is 5.43 Å². The van der Waals surface area contributed by atoms with E-state index in [2.05, 4.69) is 10.4 Å². The molecule has 3 nitrogen and oxygen atoms in total. The van der Waals surface area contributed by atoms with Crippen molar-refractivity contribution in [2.75, 3.05) is 5.43 Å². The van der Waals surface area contributed by atoms with Crippen molar-refractivity contribution in [2.24, 2.45) is 5.84 Å². The van der Waals surface area contributed by atoms with Gasteiger partial charge >= 0.3 is 0 Å². The minimum Gasteiger partial charge on any atom is -0.308 e. The molecule has 0 aliphatic heterocycles. The predicted octanol–water partition coefficient (Wildman–Crippen LogP) is 1.97. The van der Waals surface area contributed by atoms with Gasteiger partial charge in [0.25, 0.3) is 0 Å². The molecule has 1 aromatic carbocycles. The lowest BCUT2D eigenvalue weighted by Crippen LogP contribution is -2.08. The zero-order chi connectivity index (χ0) is 10.1. The topological polar surface area (TPSA) is 50.9 Å². The van der Waals surface area contributed by atoms with E-state index in [0.717, 1.165) is 16.5 Å². The highest BCUT2D eigenvalue weighted by Crippen LogP contribution is 2.20. The second kappa shape index (κ2) is 3.23. The fourth-order valence-corrected chi connectivity index (χ4v) is 1.44. The molecule has 0 aliphatic rings. The highest BCUT2D eigenvalue weighted by Gasteiger charge is 2.02. The maximum absolute atomic E-state index is 12.9. The van der Waals surface area contributed by atoms with Crippen LogP contribution < -0.4 is 11.3 Å². The fraction of sp³-hybridized carbons (Fsp3) is 0.100. The van der Waals surface area contributed by atoms with Crippen LogP contribution in [0.4, 0.5) is 10.2 Å². The molecule has 1 aromatic heterocycles. The van der Waals surface area contributed by atoms with E-state index in [9.17, 15) is 4.39 Å². The summed E-state index contributed by atoms with van der Waals surface area (Å²) in [5, 5.41) is 0.809. The van der Waals surface area contributed by atoms with Crippen LogP contribution in [0.2, 0.25) is 0 Å². The van der Waals surface area contributed by atoms with Crippen molar-refractivity contribution in [3.05, 3.63) is 35.6 Å². The van der Waals surface area contributed by atoms with Crippen LogP contribution in [0, 0.1) is 12.7 Å². The van der Waals surface area contributed by atoms with Crippen LogP contribution in [0.5, 0.6) is 0 Å². The Morgan fingerprint density at radius 1 is 1.36 bits per heavy atom. The number of nitrogens with zero attached hydrogens (tertiary/aromatic N) is 1. The van der Waals surface area contributed by atoms with Crippen molar-refractivity contribution in [3.8, 4) is 0 Å². The molecule has 0 saturated carbocycles. The van der Waals surface area contributed by atoms with E-state index in [0.29, 0.717) is 5.82 Å². The summed E-state index contributed by atoms with van der Waals surface area (Å²) in [6.45, 7) is 1.89. The average molecular weight is 191 g/mol. The van der Waals surface area contributed by atoms with E-state index >= 15 is 0 Å². The second-order valence-electron chi connectivity index (χ2n) is 3.13. The molecule has 2 aromatic rings. The summed E-state index contributed by atoms with van der Waals surface area (Å²) in [6.07, 6.45) is 0. The van der Waals surface area contributed by atoms with Gasteiger partial charge in [-0.25, -0.2) is 15.2 Å². The van der Waals surface area contributed by atoms with Gasteiger partial charge in [0.2, 0.25) is 0 Å². The van der Waals surface area contributed by atoms with E-state index in [1.165, 1.54) is 12.1 Å². The molecule has 0 saturated heterocycles. The Morgan fingerprint density at radius 3 is 2.86 bits per heavy atom. The van der Waals surface area contributed by atoms with E-state index in [-0.39, 0.29) is 5.82 Å². The summed E-state index contributed by atoms with van der Waals surface area (Å²) in [7, 11) is 0. The molecule has 0 amide bonds. The molecule has 0 fully saturated rings. The Labute approximate surface area is 80.7 Å². The summed E-state index contributed by atoms with van der Waals surface area (Å²) in [5.74, 6) is 5.58. The molecule has 3 N–H and O–H groups in total. The van der Waals surface area contributed by atoms with Crippen molar-refractivity contribution in [3.63, 3.8) is 0 Å². The SMILES string of the molecule is Cc1cc(NN)nc2ccc(F)cc12. The summed E-state index contributed by atoms with van der Waals surface area (Å²) in [6, 6.07) is 6.27. The number of halogens is 1. The monoisotopic (exact) mass is 191 g/mol. The molecular formula is C10H10FN3. The van der Waals surface area contributed by atoms with Gasteiger partial charge in [-0.15, -0.1) is 0 Å². The largest absolute Gasteiger partial charge is 0.308 e. The third-order valence-electron chi connectivity index (χ3n) is 2.13. The molecule has 0 radical (unpaired) electrons. The van der Waals surface area contributed by atoms with E-state index in [4.69, 9.17) is 5.84 Å². The van der Waals surface area contributed by atoms with E-state index in [1.807, 2.05) is 6.92 Å². The summed E-state index contributed by atoms with van der Waals surface area (Å²) in [4.78, 5) is 4.19. The number of hydrogen-bond donors (Lipinski definition) is 2. The van der Waals surface area contributed by atoms with Crippen molar-refractivity contribution < 1.29 is 4.39 Å². The second-order valence-corrected chi connectivity index (χ2v) is 3.13. The smallest absolute Gasteiger partial charge is 0.140 e. The molecule has 0 atom stereocenters. The maximum Gasteiger partial charge on any atom is 0.140 e. The molecule has 14 heavy (non-hydrogen) atoms. The van der Waals surface area contributed by atoms with Crippen LogP contribution in [0.15, 0.2) is 24.3 Å². The zero-order valence-electron chi connectivity index (χ0n) is 7.71. The fourth-order valence-electron chi connectivity index (χ4n) is 1.44. The number of fused-ring (bicyclic) bond motifs is 1. The third kappa shape index (κ3) is 1.40. The third-order valence-corrected chi connectivity index (χ3v) is 2.13. The standard InChI is InChI=1S/C10H10FN3/c1-6-4-10(14-12)13-9-3-2-7(11)5-8(6)9/h2-5H,12H2,1H3,(H,13,14). The Bertz CT molecular complexity index is 482. The number of nitrogens with one attached hydrogen (secondary N) is 1.